The number of carboxylic acid groups (broad SMARTS) is 1. The van der Waals surface area contributed by atoms with Crippen LogP contribution in [0.3, 0.4) is 0 Å². The van der Waals surface area contributed by atoms with Gasteiger partial charge in [-0.25, -0.2) is 14.2 Å². The van der Waals surface area contributed by atoms with Crippen LogP contribution < -0.4 is 14.8 Å². The number of aromatic nitrogens is 2. The number of carboxylic acids is 1. The van der Waals surface area contributed by atoms with E-state index in [-0.39, 0.29) is 19.6 Å². The van der Waals surface area contributed by atoms with E-state index in [9.17, 15) is 14.7 Å². The third-order valence-corrected chi connectivity index (χ3v) is 6.52. The molecule has 0 saturated carbocycles. The fourth-order valence-corrected chi connectivity index (χ4v) is 4.45. The second kappa shape index (κ2) is 13.4. The summed E-state index contributed by atoms with van der Waals surface area (Å²) in [5, 5.41) is 12.0. The number of aryl methyl sites for hydroxylation is 1. The molecule has 226 valence electrons. The number of imidazole rings is 1. The number of halogens is 1. The summed E-state index contributed by atoms with van der Waals surface area (Å²) in [5.41, 5.74) is 2.55. The molecule has 1 heterocycles. The number of carbonyl (C=O) groups is 2. The van der Waals surface area contributed by atoms with E-state index in [0.717, 1.165) is 5.69 Å². The average Bonchev–Trinajstić information content (AvgIpc) is 3.34. The highest BCUT2D eigenvalue weighted by molar-refractivity contribution is 5.72. The quantitative estimate of drug-likeness (QED) is 0.203. The molecular weight excluding hydrogens is 553 g/mol. The van der Waals surface area contributed by atoms with Crippen molar-refractivity contribution in [1.29, 1.82) is 0 Å². The molecule has 0 spiro atoms. The Balaban J connectivity index is 1.65. The highest BCUT2D eigenvalue weighted by atomic mass is 19.1. The minimum Gasteiger partial charge on any atom is -0.489 e. The van der Waals surface area contributed by atoms with Crippen LogP contribution in [0.2, 0.25) is 0 Å². The molecule has 0 radical (unpaired) electrons. The van der Waals surface area contributed by atoms with E-state index < -0.39 is 29.5 Å². The average molecular weight is 590 g/mol. The second-order valence-corrected chi connectivity index (χ2v) is 11.2. The lowest BCUT2D eigenvalue weighted by Gasteiger charge is -2.22. The van der Waals surface area contributed by atoms with Gasteiger partial charge < -0.3 is 29.2 Å². The van der Waals surface area contributed by atoms with Crippen LogP contribution in [0.25, 0.3) is 11.1 Å². The molecule has 0 aliphatic heterocycles. The van der Waals surface area contributed by atoms with Crippen molar-refractivity contribution < 1.29 is 33.3 Å². The Bertz CT molecular complexity index is 1590. The molecular formula is C33H36FN3O6. The van der Waals surface area contributed by atoms with E-state index in [1.807, 2.05) is 11.6 Å². The van der Waals surface area contributed by atoms with Gasteiger partial charge in [-0.2, -0.15) is 0 Å². The molecule has 10 heteroatoms. The van der Waals surface area contributed by atoms with E-state index in [0.29, 0.717) is 39.3 Å². The molecule has 2 N–H and O–H groups in total. The van der Waals surface area contributed by atoms with Gasteiger partial charge in [-0.05, 0) is 63.1 Å². The molecule has 9 nitrogen and oxygen atoms in total. The molecule has 1 aromatic heterocycles. The molecule has 3 aromatic carbocycles. The summed E-state index contributed by atoms with van der Waals surface area (Å²) in [6.45, 7) is 7.29. The van der Waals surface area contributed by atoms with Crippen LogP contribution in [0.5, 0.6) is 11.5 Å². The standard InChI is InChI=1S/C33H36FN3O6/c1-21(36-32(40)43-33(2,3)4)27-10-8-11-28(31(27)34)24-13-22(14-26(15-24)41-19-25-17-35-20-37(25)5)18-42-29-12-7-6-9-23(29)16-30(38)39/h6-15,17,20-21H,16,18-19H2,1-5H3,(H,36,40)(H,38,39). The SMILES string of the molecule is CC(NC(=O)OC(C)(C)C)c1cccc(-c2cc(COc3ccccc3CC(=O)O)cc(OCc3cncn3C)c2)c1F. The fraction of sp³-hybridized carbons (Fsp3) is 0.303. The number of rotatable bonds is 11. The van der Waals surface area contributed by atoms with Crippen molar-refractivity contribution in [2.45, 2.75) is 59.0 Å². The summed E-state index contributed by atoms with van der Waals surface area (Å²) >= 11 is 0. The highest BCUT2D eigenvalue weighted by Crippen LogP contribution is 2.32. The number of ether oxygens (including phenoxy) is 3. The number of amides is 1. The van der Waals surface area contributed by atoms with Crippen molar-refractivity contribution >= 4 is 12.1 Å². The van der Waals surface area contributed by atoms with Crippen LogP contribution in [0, 0.1) is 5.82 Å². The first-order chi connectivity index (χ1) is 20.4. The lowest BCUT2D eigenvalue weighted by atomic mass is 9.97. The molecule has 1 atom stereocenters. The topological polar surface area (TPSA) is 112 Å². The predicted octanol–water partition coefficient (Wildman–Crippen LogP) is 6.60. The second-order valence-electron chi connectivity index (χ2n) is 11.2. The third-order valence-electron chi connectivity index (χ3n) is 6.52. The number of hydrogen-bond donors (Lipinski definition) is 2. The van der Waals surface area contributed by atoms with Gasteiger partial charge in [0.15, 0.2) is 0 Å². The van der Waals surface area contributed by atoms with Crippen molar-refractivity contribution in [1.82, 2.24) is 14.9 Å². The Morgan fingerprint density at radius 3 is 2.51 bits per heavy atom. The van der Waals surface area contributed by atoms with Gasteiger partial charge in [-0.1, -0.05) is 36.4 Å². The first-order valence-electron chi connectivity index (χ1n) is 13.8. The Morgan fingerprint density at radius 2 is 1.81 bits per heavy atom. The van der Waals surface area contributed by atoms with Crippen LogP contribution in [0.4, 0.5) is 9.18 Å². The molecule has 1 amide bonds. The van der Waals surface area contributed by atoms with Crippen LogP contribution in [-0.4, -0.2) is 32.3 Å². The number of hydrogen-bond acceptors (Lipinski definition) is 6. The maximum atomic E-state index is 16.0. The van der Waals surface area contributed by atoms with Crippen molar-refractivity contribution in [2.24, 2.45) is 7.05 Å². The Labute approximate surface area is 250 Å². The van der Waals surface area contributed by atoms with Gasteiger partial charge in [0.1, 0.15) is 36.1 Å². The fourth-order valence-electron chi connectivity index (χ4n) is 4.45. The molecule has 0 bridgehead atoms. The zero-order valence-corrected chi connectivity index (χ0v) is 24.9. The van der Waals surface area contributed by atoms with Gasteiger partial charge in [-0.3, -0.25) is 4.79 Å². The maximum Gasteiger partial charge on any atom is 0.408 e. The van der Waals surface area contributed by atoms with Crippen molar-refractivity contribution in [3.05, 3.63) is 101 Å². The summed E-state index contributed by atoms with van der Waals surface area (Å²) in [4.78, 5) is 27.8. The molecule has 0 saturated heterocycles. The van der Waals surface area contributed by atoms with Crippen molar-refractivity contribution in [2.75, 3.05) is 0 Å². The minimum atomic E-state index is -0.963. The monoisotopic (exact) mass is 589 g/mol. The van der Waals surface area contributed by atoms with Gasteiger partial charge >= 0.3 is 12.1 Å². The van der Waals surface area contributed by atoms with Gasteiger partial charge in [0, 0.05) is 23.7 Å². The summed E-state index contributed by atoms with van der Waals surface area (Å²) < 4.78 is 35.3. The first kappa shape index (κ1) is 31.1. The van der Waals surface area contributed by atoms with Gasteiger partial charge in [0.25, 0.3) is 0 Å². The summed E-state index contributed by atoms with van der Waals surface area (Å²) in [6.07, 6.45) is 2.56. The smallest absolute Gasteiger partial charge is 0.408 e. The number of para-hydroxylation sites is 1. The van der Waals surface area contributed by atoms with E-state index >= 15 is 4.39 Å². The van der Waals surface area contributed by atoms with Crippen molar-refractivity contribution in [3.63, 3.8) is 0 Å². The third kappa shape index (κ3) is 8.57. The van der Waals surface area contributed by atoms with E-state index in [2.05, 4.69) is 10.3 Å². The molecule has 43 heavy (non-hydrogen) atoms. The number of nitrogens with zero attached hydrogens (tertiary/aromatic N) is 2. The molecule has 1 unspecified atom stereocenters. The summed E-state index contributed by atoms with van der Waals surface area (Å²) in [7, 11) is 1.86. The predicted molar refractivity (Wildman–Crippen MR) is 159 cm³/mol. The number of aliphatic carboxylic acids is 1. The normalized spacial score (nSPS) is 12.0. The van der Waals surface area contributed by atoms with E-state index in [1.54, 1.807) is 101 Å². The van der Waals surface area contributed by atoms with Crippen LogP contribution >= 0.6 is 0 Å². The van der Waals surface area contributed by atoms with Gasteiger partial charge in [0.2, 0.25) is 0 Å². The summed E-state index contributed by atoms with van der Waals surface area (Å²) in [5.74, 6) is -0.521. The Hall–Kier alpha value is -4.86. The Kier molecular flexibility index (Phi) is 9.70. The molecule has 4 aromatic rings. The molecule has 0 fully saturated rings. The van der Waals surface area contributed by atoms with E-state index in [1.165, 1.54) is 0 Å². The highest BCUT2D eigenvalue weighted by Gasteiger charge is 2.21. The minimum absolute atomic E-state index is 0.0878. The van der Waals surface area contributed by atoms with E-state index in [4.69, 9.17) is 14.2 Å². The van der Waals surface area contributed by atoms with Crippen molar-refractivity contribution in [3.8, 4) is 22.6 Å². The number of alkyl carbamates (subject to hydrolysis) is 1. The molecule has 4 rings (SSSR count). The Morgan fingerprint density at radius 1 is 1.05 bits per heavy atom. The lowest BCUT2D eigenvalue weighted by Crippen LogP contribution is -2.34. The molecule has 0 aliphatic carbocycles. The largest absolute Gasteiger partial charge is 0.489 e. The van der Waals surface area contributed by atoms with Gasteiger partial charge in [-0.15, -0.1) is 0 Å². The molecule has 0 aliphatic rings. The number of carbonyl (C=O) groups excluding carboxylic acids is 1. The van der Waals surface area contributed by atoms with Crippen LogP contribution in [-0.2, 0) is 36.2 Å². The number of nitrogens with one attached hydrogen (secondary N) is 1. The zero-order chi connectivity index (χ0) is 31.1. The first-order valence-corrected chi connectivity index (χ1v) is 13.8. The summed E-state index contributed by atoms with van der Waals surface area (Å²) in [6, 6.07) is 16.6. The van der Waals surface area contributed by atoms with Crippen LogP contribution in [0.15, 0.2) is 73.2 Å². The number of benzene rings is 3. The zero-order valence-electron chi connectivity index (χ0n) is 24.9. The maximum absolute atomic E-state index is 16.0. The van der Waals surface area contributed by atoms with Crippen LogP contribution in [0.1, 0.15) is 56.1 Å². The lowest BCUT2D eigenvalue weighted by molar-refractivity contribution is -0.136. The van der Waals surface area contributed by atoms with Gasteiger partial charge in [0.05, 0.1) is 30.7 Å².